The van der Waals surface area contributed by atoms with E-state index in [1.165, 1.54) is 0 Å². The summed E-state index contributed by atoms with van der Waals surface area (Å²) in [5.74, 6) is 0.350. The van der Waals surface area contributed by atoms with E-state index in [0.717, 1.165) is 6.42 Å². The third-order valence-electron chi connectivity index (χ3n) is 5.03. The van der Waals surface area contributed by atoms with Crippen molar-refractivity contribution in [2.75, 3.05) is 5.75 Å². The fourth-order valence-electron chi connectivity index (χ4n) is 3.60. The molecule has 136 valence electrons. The smallest absolute Gasteiger partial charge is 0.330 e. The molecule has 3 heterocycles. The lowest BCUT2D eigenvalue weighted by Gasteiger charge is -2.29. The molecule has 26 heavy (non-hydrogen) atoms. The quantitative estimate of drug-likeness (QED) is 0.827. The zero-order valence-corrected chi connectivity index (χ0v) is 15.3. The number of aromatic nitrogens is 2. The maximum absolute atomic E-state index is 12.7. The number of carbonyl (C=O) groups is 2. The van der Waals surface area contributed by atoms with Crippen molar-refractivity contribution in [2.24, 2.45) is 0 Å². The maximum atomic E-state index is 12.7. The number of hydrogen-bond donors (Lipinski definition) is 1. The van der Waals surface area contributed by atoms with E-state index in [4.69, 9.17) is 4.74 Å². The molecular weight excluding hydrogens is 354 g/mol. The SMILES string of the molecule is C[C@H](OC(=O)[C@@H]1CS[C@@]2(C)CCC(=O)N12)c1nc2ccccc2c(=O)[nH]1. The highest BCUT2D eigenvalue weighted by atomic mass is 32.2. The van der Waals surface area contributed by atoms with Gasteiger partial charge in [-0.15, -0.1) is 11.8 Å². The number of amides is 1. The number of esters is 1. The first-order valence-corrected chi connectivity index (χ1v) is 9.53. The number of hydrogen-bond acceptors (Lipinski definition) is 6. The molecule has 4 rings (SSSR count). The largest absolute Gasteiger partial charge is 0.453 e. The second-order valence-electron chi connectivity index (χ2n) is 6.81. The highest BCUT2D eigenvalue weighted by molar-refractivity contribution is 8.01. The normalized spacial score (nSPS) is 26.2. The number of H-pyrrole nitrogens is 1. The van der Waals surface area contributed by atoms with Gasteiger partial charge in [0.15, 0.2) is 11.9 Å². The summed E-state index contributed by atoms with van der Waals surface area (Å²) in [4.78, 5) is 45.4. The predicted octanol–water partition coefficient (Wildman–Crippen LogP) is 1.98. The van der Waals surface area contributed by atoms with Crippen LogP contribution < -0.4 is 5.56 Å². The van der Waals surface area contributed by atoms with Crippen LogP contribution >= 0.6 is 11.8 Å². The Labute approximate surface area is 154 Å². The summed E-state index contributed by atoms with van der Waals surface area (Å²) >= 11 is 1.61. The van der Waals surface area contributed by atoms with Gasteiger partial charge < -0.3 is 14.6 Å². The molecule has 0 spiro atoms. The minimum absolute atomic E-state index is 0.00987. The monoisotopic (exact) mass is 373 g/mol. The van der Waals surface area contributed by atoms with E-state index in [1.807, 2.05) is 6.92 Å². The van der Waals surface area contributed by atoms with E-state index < -0.39 is 18.1 Å². The number of thioether (sulfide) groups is 1. The molecule has 2 aliphatic rings. The van der Waals surface area contributed by atoms with Crippen molar-refractivity contribution in [1.82, 2.24) is 14.9 Å². The van der Waals surface area contributed by atoms with Crippen LogP contribution in [0, 0.1) is 0 Å². The summed E-state index contributed by atoms with van der Waals surface area (Å²) in [6, 6.07) is 6.41. The number of carbonyl (C=O) groups excluding carboxylic acids is 2. The lowest BCUT2D eigenvalue weighted by molar-refractivity contribution is -0.158. The first-order chi connectivity index (χ1) is 12.4. The zero-order chi connectivity index (χ0) is 18.5. The lowest BCUT2D eigenvalue weighted by Crippen LogP contribution is -2.46. The average molecular weight is 373 g/mol. The third-order valence-corrected chi connectivity index (χ3v) is 6.53. The van der Waals surface area contributed by atoms with E-state index in [0.29, 0.717) is 28.9 Å². The molecule has 1 N–H and O–H groups in total. The summed E-state index contributed by atoms with van der Waals surface area (Å²) in [7, 11) is 0. The molecule has 1 aromatic carbocycles. The molecule has 0 bridgehead atoms. The molecule has 1 aromatic heterocycles. The van der Waals surface area contributed by atoms with Crippen LogP contribution in [0.25, 0.3) is 10.9 Å². The van der Waals surface area contributed by atoms with E-state index >= 15 is 0 Å². The van der Waals surface area contributed by atoms with Gasteiger partial charge >= 0.3 is 5.97 Å². The Morgan fingerprint density at radius 1 is 1.42 bits per heavy atom. The molecule has 0 saturated carbocycles. The van der Waals surface area contributed by atoms with Crippen LogP contribution in [-0.4, -0.2) is 43.4 Å². The summed E-state index contributed by atoms with van der Waals surface area (Å²) in [5, 5.41) is 0.486. The van der Waals surface area contributed by atoms with Crippen LogP contribution in [0.4, 0.5) is 0 Å². The van der Waals surface area contributed by atoms with Gasteiger partial charge in [0, 0.05) is 12.2 Å². The van der Waals surface area contributed by atoms with Gasteiger partial charge in [0.25, 0.3) is 5.56 Å². The maximum Gasteiger partial charge on any atom is 0.330 e. The molecule has 3 atom stereocenters. The second-order valence-corrected chi connectivity index (χ2v) is 8.31. The molecule has 0 unspecified atom stereocenters. The Morgan fingerprint density at radius 3 is 3.00 bits per heavy atom. The van der Waals surface area contributed by atoms with Gasteiger partial charge in [-0.1, -0.05) is 12.1 Å². The third kappa shape index (κ3) is 2.68. The Kier molecular flexibility index (Phi) is 4.02. The highest BCUT2D eigenvalue weighted by Gasteiger charge is 2.53. The molecule has 8 heteroatoms. The number of benzene rings is 1. The van der Waals surface area contributed by atoms with Gasteiger partial charge in [0.2, 0.25) is 5.91 Å². The molecule has 2 fully saturated rings. The van der Waals surface area contributed by atoms with Crippen LogP contribution in [0.5, 0.6) is 0 Å². The molecule has 1 amide bonds. The van der Waals surface area contributed by atoms with Gasteiger partial charge in [0.05, 0.1) is 15.8 Å². The topological polar surface area (TPSA) is 92.4 Å². The minimum atomic E-state index is -0.714. The highest BCUT2D eigenvalue weighted by Crippen LogP contribution is 2.47. The van der Waals surface area contributed by atoms with E-state index in [-0.39, 0.29) is 16.3 Å². The summed E-state index contributed by atoms with van der Waals surface area (Å²) in [5.41, 5.74) is 0.278. The lowest BCUT2D eigenvalue weighted by atomic mass is 10.2. The molecule has 2 aromatic rings. The molecule has 2 aliphatic heterocycles. The Bertz CT molecular complexity index is 959. The van der Waals surface area contributed by atoms with Crippen molar-refractivity contribution in [3.05, 3.63) is 40.4 Å². The molecule has 2 saturated heterocycles. The number of para-hydroxylation sites is 1. The van der Waals surface area contributed by atoms with Crippen molar-refractivity contribution in [3.63, 3.8) is 0 Å². The van der Waals surface area contributed by atoms with Crippen molar-refractivity contribution in [2.45, 2.75) is 43.7 Å². The van der Waals surface area contributed by atoms with Crippen molar-refractivity contribution in [1.29, 1.82) is 0 Å². The van der Waals surface area contributed by atoms with E-state index in [2.05, 4.69) is 9.97 Å². The van der Waals surface area contributed by atoms with Gasteiger partial charge in [-0.3, -0.25) is 9.59 Å². The predicted molar refractivity (Wildman–Crippen MR) is 97.6 cm³/mol. The van der Waals surface area contributed by atoms with Crippen molar-refractivity contribution >= 4 is 34.5 Å². The molecule has 7 nitrogen and oxygen atoms in total. The fraction of sp³-hybridized carbons (Fsp3) is 0.444. The first kappa shape index (κ1) is 17.1. The summed E-state index contributed by atoms with van der Waals surface area (Å²) < 4.78 is 5.55. The van der Waals surface area contributed by atoms with Gasteiger partial charge in [-0.25, -0.2) is 9.78 Å². The van der Waals surface area contributed by atoms with Gasteiger partial charge in [0.1, 0.15) is 6.04 Å². The standard InChI is InChI=1S/C18H19N3O4S/c1-10(15-19-12-6-4-3-5-11(12)16(23)20-15)25-17(24)13-9-26-18(2)8-7-14(22)21(13)18/h3-6,10,13H,7-9H2,1-2H3,(H,19,20,23)/t10-,13-,18-/m0/s1. The van der Waals surface area contributed by atoms with Crippen LogP contribution in [0.1, 0.15) is 38.6 Å². The second kappa shape index (κ2) is 6.12. The van der Waals surface area contributed by atoms with Crippen LogP contribution in [-0.2, 0) is 14.3 Å². The minimum Gasteiger partial charge on any atom is -0.453 e. The molecule has 0 aliphatic carbocycles. The number of fused-ring (bicyclic) bond motifs is 2. The zero-order valence-electron chi connectivity index (χ0n) is 14.5. The molecular formula is C18H19N3O4S. The summed E-state index contributed by atoms with van der Waals surface area (Å²) in [6.07, 6.45) is 0.493. The summed E-state index contributed by atoms with van der Waals surface area (Å²) in [6.45, 7) is 3.65. The van der Waals surface area contributed by atoms with Crippen molar-refractivity contribution in [3.8, 4) is 0 Å². The Morgan fingerprint density at radius 2 is 2.19 bits per heavy atom. The van der Waals surface area contributed by atoms with Gasteiger partial charge in [-0.2, -0.15) is 0 Å². The van der Waals surface area contributed by atoms with Gasteiger partial charge in [-0.05, 0) is 32.4 Å². The fourth-order valence-corrected chi connectivity index (χ4v) is 5.02. The van der Waals surface area contributed by atoms with E-state index in [9.17, 15) is 14.4 Å². The van der Waals surface area contributed by atoms with Crippen molar-refractivity contribution < 1.29 is 14.3 Å². The average Bonchev–Trinajstić information content (AvgIpc) is 3.11. The Balaban J connectivity index is 1.55. The number of ether oxygens (including phenoxy) is 1. The number of nitrogens with one attached hydrogen (secondary N) is 1. The number of nitrogens with zero attached hydrogens (tertiary/aromatic N) is 2. The van der Waals surface area contributed by atoms with Crippen LogP contribution in [0.3, 0.4) is 0 Å². The Hall–Kier alpha value is -2.35. The number of aromatic amines is 1. The first-order valence-electron chi connectivity index (χ1n) is 8.55. The van der Waals surface area contributed by atoms with E-state index in [1.54, 1.807) is 47.9 Å². The van der Waals surface area contributed by atoms with Crippen LogP contribution in [0.15, 0.2) is 29.1 Å². The van der Waals surface area contributed by atoms with Crippen LogP contribution in [0.2, 0.25) is 0 Å². The number of rotatable bonds is 3. The molecule has 0 radical (unpaired) electrons.